The monoisotopic (exact) mass is 354 g/mol. The summed E-state index contributed by atoms with van der Waals surface area (Å²) in [6.45, 7) is 0. The second kappa shape index (κ2) is 6.15. The Morgan fingerprint density at radius 1 is 1.35 bits per heavy atom. The van der Waals surface area contributed by atoms with Gasteiger partial charge < -0.3 is 15.8 Å². The Balaban J connectivity index is 2.26. The fourth-order valence-electron chi connectivity index (χ4n) is 1.69. The van der Waals surface area contributed by atoms with Gasteiger partial charge in [0.05, 0.1) is 23.4 Å². The molecule has 6 heteroatoms. The van der Waals surface area contributed by atoms with Crippen molar-refractivity contribution in [3.05, 3.63) is 51.5 Å². The Morgan fingerprint density at radius 3 is 2.75 bits per heavy atom. The van der Waals surface area contributed by atoms with Gasteiger partial charge in [-0.1, -0.05) is 17.7 Å². The maximum atomic E-state index is 12.2. The van der Waals surface area contributed by atoms with E-state index in [1.807, 2.05) is 0 Å². The molecule has 0 saturated heterocycles. The summed E-state index contributed by atoms with van der Waals surface area (Å²) >= 11 is 9.27. The molecule has 4 nitrogen and oxygen atoms in total. The van der Waals surface area contributed by atoms with Gasteiger partial charge >= 0.3 is 0 Å². The lowest BCUT2D eigenvalue weighted by Crippen LogP contribution is -2.14. The van der Waals surface area contributed by atoms with Crippen molar-refractivity contribution in [2.75, 3.05) is 18.2 Å². The summed E-state index contributed by atoms with van der Waals surface area (Å²) in [6, 6.07) is 10.2. The number of nitrogens with two attached hydrogens (primary N) is 1. The normalized spacial score (nSPS) is 10.2. The molecule has 0 atom stereocenters. The Hall–Kier alpha value is -1.72. The quantitative estimate of drug-likeness (QED) is 0.820. The second-order valence-electron chi connectivity index (χ2n) is 4.00. The van der Waals surface area contributed by atoms with Gasteiger partial charge in [0, 0.05) is 10.2 Å². The van der Waals surface area contributed by atoms with E-state index in [2.05, 4.69) is 21.2 Å². The van der Waals surface area contributed by atoms with Gasteiger partial charge in [0.25, 0.3) is 5.91 Å². The highest BCUT2D eigenvalue weighted by Gasteiger charge is 2.13. The molecule has 104 valence electrons. The third kappa shape index (κ3) is 3.05. The molecule has 0 heterocycles. The van der Waals surface area contributed by atoms with Crippen LogP contribution in [0.15, 0.2) is 40.9 Å². The predicted octanol–water partition coefficient (Wildman–Crippen LogP) is 3.95. The van der Waals surface area contributed by atoms with E-state index in [9.17, 15) is 4.79 Å². The van der Waals surface area contributed by atoms with E-state index in [0.29, 0.717) is 27.7 Å². The molecule has 0 bridgehead atoms. The molecular formula is C14H12BrClN2O2. The molecule has 0 radical (unpaired) electrons. The van der Waals surface area contributed by atoms with Crippen molar-refractivity contribution in [2.45, 2.75) is 0 Å². The van der Waals surface area contributed by atoms with Crippen LogP contribution in [0.5, 0.6) is 5.75 Å². The minimum Gasteiger partial charge on any atom is -0.495 e. The number of nitrogen functional groups attached to an aromatic ring is 1. The molecule has 20 heavy (non-hydrogen) atoms. The first kappa shape index (κ1) is 14.7. The third-order valence-electron chi connectivity index (χ3n) is 2.71. The van der Waals surface area contributed by atoms with Gasteiger partial charge in [-0.2, -0.15) is 0 Å². The smallest absolute Gasteiger partial charge is 0.257 e. The summed E-state index contributed by atoms with van der Waals surface area (Å²) < 4.78 is 5.85. The molecule has 2 rings (SSSR count). The second-order valence-corrected chi connectivity index (χ2v) is 5.27. The highest BCUT2D eigenvalue weighted by Crippen LogP contribution is 2.28. The van der Waals surface area contributed by atoms with E-state index in [4.69, 9.17) is 22.1 Å². The van der Waals surface area contributed by atoms with Gasteiger partial charge in [0.1, 0.15) is 5.75 Å². The Morgan fingerprint density at radius 2 is 2.10 bits per heavy atom. The van der Waals surface area contributed by atoms with E-state index in [-0.39, 0.29) is 5.91 Å². The number of carbonyl (C=O) groups excluding carboxylic acids is 1. The summed E-state index contributed by atoms with van der Waals surface area (Å²) in [6.07, 6.45) is 0. The number of benzene rings is 2. The van der Waals surface area contributed by atoms with E-state index in [0.717, 1.165) is 4.47 Å². The van der Waals surface area contributed by atoms with Crippen LogP contribution in [0.1, 0.15) is 10.4 Å². The maximum absolute atomic E-state index is 12.2. The number of halogens is 2. The summed E-state index contributed by atoms with van der Waals surface area (Å²) in [5.74, 6) is 0.145. The number of rotatable bonds is 3. The van der Waals surface area contributed by atoms with Crippen LogP contribution in [0, 0.1) is 0 Å². The number of ether oxygens (including phenoxy) is 1. The van der Waals surface area contributed by atoms with Crippen LogP contribution in [0.3, 0.4) is 0 Å². The SMILES string of the molecule is COc1cccc(C(=O)Nc2ccc(Br)c(Cl)c2)c1N. The van der Waals surface area contributed by atoms with Crippen molar-refractivity contribution in [2.24, 2.45) is 0 Å². The van der Waals surface area contributed by atoms with Gasteiger partial charge in [0.15, 0.2) is 0 Å². The van der Waals surface area contributed by atoms with E-state index in [1.54, 1.807) is 36.4 Å². The van der Waals surface area contributed by atoms with Gasteiger partial charge in [0.2, 0.25) is 0 Å². The first-order valence-electron chi connectivity index (χ1n) is 5.72. The molecule has 0 aliphatic rings. The molecule has 2 aromatic carbocycles. The zero-order chi connectivity index (χ0) is 14.7. The van der Waals surface area contributed by atoms with Crippen molar-refractivity contribution in [3.63, 3.8) is 0 Å². The fourth-order valence-corrected chi connectivity index (χ4v) is 2.12. The van der Waals surface area contributed by atoms with Crippen LogP contribution in [0.2, 0.25) is 5.02 Å². The zero-order valence-electron chi connectivity index (χ0n) is 10.6. The van der Waals surface area contributed by atoms with Crippen LogP contribution >= 0.6 is 27.5 Å². The Kier molecular flexibility index (Phi) is 4.52. The van der Waals surface area contributed by atoms with Crippen molar-refractivity contribution in [3.8, 4) is 5.75 Å². The van der Waals surface area contributed by atoms with Crippen LogP contribution in [0.4, 0.5) is 11.4 Å². The highest BCUT2D eigenvalue weighted by molar-refractivity contribution is 9.10. The molecular weight excluding hydrogens is 344 g/mol. The first-order valence-corrected chi connectivity index (χ1v) is 6.89. The Bertz CT molecular complexity index is 662. The standard InChI is InChI=1S/C14H12BrClN2O2/c1-20-12-4-2-3-9(13(12)17)14(19)18-8-5-6-10(15)11(16)7-8/h2-7H,17H2,1H3,(H,18,19). The van der Waals surface area contributed by atoms with Crippen LogP contribution < -0.4 is 15.8 Å². The molecule has 0 aliphatic heterocycles. The molecule has 0 saturated carbocycles. The molecule has 0 unspecified atom stereocenters. The summed E-state index contributed by atoms with van der Waals surface area (Å²) in [5, 5.41) is 3.25. The first-order chi connectivity index (χ1) is 9.52. The summed E-state index contributed by atoms with van der Waals surface area (Å²) in [5.41, 5.74) is 7.12. The fraction of sp³-hybridized carbons (Fsp3) is 0.0714. The lowest BCUT2D eigenvalue weighted by Gasteiger charge is -2.11. The average molecular weight is 356 g/mol. The van der Waals surface area contributed by atoms with Crippen molar-refractivity contribution in [1.82, 2.24) is 0 Å². The zero-order valence-corrected chi connectivity index (χ0v) is 13.0. The summed E-state index contributed by atoms with van der Waals surface area (Å²) in [4.78, 5) is 12.2. The van der Waals surface area contributed by atoms with Gasteiger partial charge in [-0.25, -0.2) is 0 Å². The number of nitrogens with one attached hydrogen (secondary N) is 1. The molecule has 0 spiro atoms. The summed E-state index contributed by atoms with van der Waals surface area (Å²) in [7, 11) is 1.50. The Labute approximate surface area is 130 Å². The van der Waals surface area contributed by atoms with Crippen molar-refractivity contribution in [1.29, 1.82) is 0 Å². The molecule has 2 aromatic rings. The third-order valence-corrected chi connectivity index (χ3v) is 3.94. The number of carbonyl (C=O) groups is 1. The number of amides is 1. The highest BCUT2D eigenvalue weighted by atomic mass is 79.9. The van der Waals surface area contributed by atoms with E-state index < -0.39 is 0 Å². The van der Waals surface area contributed by atoms with Gasteiger partial charge in [-0.15, -0.1) is 0 Å². The lowest BCUT2D eigenvalue weighted by molar-refractivity contribution is 0.102. The predicted molar refractivity (Wildman–Crippen MR) is 84.5 cm³/mol. The van der Waals surface area contributed by atoms with E-state index in [1.165, 1.54) is 7.11 Å². The van der Waals surface area contributed by atoms with Crippen molar-refractivity contribution >= 4 is 44.8 Å². The van der Waals surface area contributed by atoms with E-state index >= 15 is 0 Å². The molecule has 0 fully saturated rings. The van der Waals surface area contributed by atoms with Crippen LogP contribution in [-0.4, -0.2) is 13.0 Å². The number of para-hydroxylation sites is 1. The topological polar surface area (TPSA) is 64.3 Å². The minimum absolute atomic E-state index is 0.302. The lowest BCUT2D eigenvalue weighted by atomic mass is 10.1. The van der Waals surface area contributed by atoms with Crippen LogP contribution in [-0.2, 0) is 0 Å². The molecule has 0 aliphatic carbocycles. The van der Waals surface area contributed by atoms with Gasteiger partial charge in [-0.05, 0) is 46.3 Å². The van der Waals surface area contributed by atoms with Crippen molar-refractivity contribution < 1.29 is 9.53 Å². The average Bonchev–Trinajstić information content (AvgIpc) is 2.43. The maximum Gasteiger partial charge on any atom is 0.257 e. The largest absolute Gasteiger partial charge is 0.495 e. The molecule has 1 amide bonds. The molecule has 3 N–H and O–H groups in total. The minimum atomic E-state index is -0.320. The number of methoxy groups -OCH3 is 1. The number of hydrogen-bond acceptors (Lipinski definition) is 3. The van der Waals surface area contributed by atoms with Gasteiger partial charge in [-0.3, -0.25) is 4.79 Å². The number of hydrogen-bond donors (Lipinski definition) is 2. The number of anilines is 2. The van der Waals surface area contributed by atoms with Crippen LogP contribution in [0.25, 0.3) is 0 Å². The molecule has 0 aromatic heterocycles.